The molecule has 0 amide bonds. The second-order valence-electron chi connectivity index (χ2n) is 4.50. The highest BCUT2D eigenvalue weighted by atomic mass is 79.9. The smallest absolute Gasteiger partial charge is 0.207 e. The molecule has 1 atom stereocenters. The highest BCUT2D eigenvalue weighted by Crippen LogP contribution is 2.34. The Bertz CT molecular complexity index is 602. The molecule has 0 spiro atoms. The van der Waals surface area contributed by atoms with E-state index in [9.17, 15) is 17.6 Å². The molecule has 0 saturated heterocycles. The quantitative estimate of drug-likeness (QED) is 0.443. The van der Waals surface area contributed by atoms with Gasteiger partial charge in [-0.15, -0.1) is 11.6 Å². The van der Waals surface area contributed by atoms with E-state index >= 15 is 0 Å². The molecule has 0 saturated carbocycles. The predicted octanol–water partition coefficient (Wildman–Crippen LogP) is 6.13. The van der Waals surface area contributed by atoms with Gasteiger partial charge >= 0.3 is 6.18 Å². The van der Waals surface area contributed by atoms with Gasteiger partial charge in [0.1, 0.15) is 5.82 Å². The molecule has 0 N–H and O–H groups in total. The summed E-state index contributed by atoms with van der Waals surface area (Å²) in [6.45, 7) is 0. The molecule has 0 heterocycles. The maximum Gasteiger partial charge on any atom is 0.416 e. The number of hydrogen-bond donors (Lipinski definition) is 0. The van der Waals surface area contributed by atoms with Crippen LogP contribution in [0.5, 0.6) is 0 Å². The van der Waals surface area contributed by atoms with E-state index in [1.807, 2.05) is 0 Å². The Morgan fingerprint density at radius 3 is 2.19 bits per heavy atom. The van der Waals surface area contributed by atoms with E-state index in [4.69, 9.17) is 11.6 Å². The molecule has 2 rings (SSSR count). The zero-order valence-electron chi connectivity index (χ0n) is 10.6. The Balaban J connectivity index is 2.18. The van der Waals surface area contributed by atoms with E-state index < -0.39 is 22.9 Å². The molecule has 0 fully saturated rings. The average Bonchev–Trinajstić information content (AvgIpc) is 2.38. The zero-order chi connectivity index (χ0) is 15.6. The van der Waals surface area contributed by atoms with Crippen LogP contribution in [0.1, 0.15) is 22.1 Å². The summed E-state index contributed by atoms with van der Waals surface area (Å²) in [6, 6.07) is 9.21. The van der Waals surface area contributed by atoms with Crippen LogP contribution in [0.15, 0.2) is 46.9 Å². The van der Waals surface area contributed by atoms with Crippen molar-refractivity contribution in [2.24, 2.45) is 0 Å². The lowest BCUT2D eigenvalue weighted by Crippen LogP contribution is -2.05. The van der Waals surface area contributed by atoms with Crippen molar-refractivity contribution in [2.75, 3.05) is 0 Å². The van der Waals surface area contributed by atoms with Crippen LogP contribution >= 0.6 is 27.5 Å². The summed E-state index contributed by atoms with van der Waals surface area (Å²) in [6.07, 6.45) is -4.13. The first-order chi connectivity index (χ1) is 9.79. The zero-order valence-corrected chi connectivity index (χ0v) is 12.9. The van der Waals surface area contributed by atoms with Crippen LogP contribution in [0, 0.1) is 5.82 Å². The first kappa shape index (κ1) is 16.3. The van der Waals surface area contributed by atoms with Crippen molar-refractivity contribution in [2.45, 2.75) is 18.0 Å². The third-order valence-corrected chi connectivity index (χ3v) is 4.07. The van der Waals surface area contributed by atoms with Crippen molar-refractivity contribution >= 4 is 27.5 Å². The Labute approximate surface area is 132 Å². The lowest BCUT2D eigenvalue weighted by molar-refractivity contribution is -0.137. The second kappa shape index (κ2) is 6.36. The third kappa shape index (κ3) is 3.98. The van der Waals surface area contributed by atoms with Crippen LogP contribution in [0.4, 0.5) is 17.6 Å². The first-order valence-electron chi connectivity index (χ1n) is 6.03. The van der Waals surface area contributed by atoms with Crippen molar-refractivity contribution < 1.29 is 17.6 Å². The van der Waals surface area contributed by atoms with E-state index in [1.54, 1.807) is 12.1 Å². The summed E-state index contributed by atoms with van der Waals surface area (Å²) < 4.78 is 51.7. The van der Waals surface area contributed by atoms with Crippen molar-refractivity contribution in [3.63, 3.8) is 0 Å². The Morgan fingerprint density at radius 1 is 1.05 bits per heavy atom. The Hall–Kier alpha value is -1.07. The van der Waals surface area contributed by atoms with E-state index in [1.165, 1.54) is 18.2 Å². The second-order valence-corrected chi connectivity index (χ2v) is 5.88. The van der Waals surface area contributed by atoms with Gasteiger partial charge in [0.15, 0.2) is 0 Å². The largest absolute Gasteiger partial charge is 0.416 e. The van der Waals surface area contributed by atoms with E-state index in [-0.39, 0.29) is 6.42 Å². The van der Waals surface area contributed by atoms with Gasteiger partial charge in [0.05, 0.1) is 10.9 Å². The van der Waals surface area contributed by atoms with Crippen LogP contribution in [0.25, 0.3) is 0 Å². The van der Waals surface area contributed by atoms with Crippen LogP contribution in [0.2, 0.25) is 0 Å². The minimum atomic E-state index is -4.37. The number of rotatable bonds is 3. The molecular weight excluding hydrogens is 372 g/mol. The van der Waals surface area contributed by atoms with Gasteiger partial charge in [0, 0.05) is 10.0 Å². The van der Waals surface area contributed by atoms with Crippen molar-refractivity contribution in [3.8, 4) is 0 Å². The maximum absolute atomic E-state index is 13.8. The molecule has 21 heavy (non-hydrogen) atoms. The van der Waals surface area contributed by atoms with Gasteiger partial charge in [-0.25, -0.2) is 4.39 Å². The topological polar surface area (TPSA) is 0 Å². The third-order valence-electron chi connectivity index (χ3n) is 3.01. The molecule has 0 aliphatic heterocycles. The van der Waals surface area contributed by atoms with Crippen LogP contribution in [-0.2, 0) is 12.6 Å². The van der Waals surface area contributed by atoms with Crippen LogP contribution < -0.4 is 0 Å². The van der Waals surface area contributed by atoms with Gasteiger partial charge in [-0.1, -0.05) is 34.1 Å². The summed E-state index contributed by atoms with van der Waals surface area (Å²) >= 11 is 9.41. The van der Waals surface area contributed by atoms with Crippen LogP contribution in [0.3, 0.4) is 0 Å². The van der Waals surface area contributed by atoms with Gasteiger partial charge in [-0.2, -0.15) is 13.2 Å². The van der Waals surface area contributed by atoms with Gasteiger partial charge in [0.2, 0.25) is 0 Å². The van der Waals surface area contributed by atoms with Gasteiger partial charge in [-0.05, 0) is 36.2 Å². The highest BCUT2D eigenvalue weighted by molar-refractivity contribution is 9.10. The van der Waals surface area contributed by atoms with Crippen molar-refractivity contribution in [1.29, 1.82) is 0 Å². The number of benzene rings is 2. The van der Waals surface area contributed by atoms with Gasteiger partial charge < -0.3 is 0 Å². The molecule has 0 radical (unpaired) electrons. The molecule has 6 heteroatoms. The number of halogens is 6. The molecule has 0 aliphatic carbocycles. The standard InChI is InChI=1S/C15H10BrClF4/c16-11-2-1-3-13(18)14(11)12(17)8-9-4-6-10(7-5-9)15(19,20)21/h1-7,12H,8H2. The molecule has 0 aromatic heterocycles. The monoisotopic (exact) mass is 380 g/mol. The molecule has 0 aliphatic rings. The van der Waals surface area contributed by atoms with Gasteiger partial charge in [-0.3, -0.25) is 0 Å². The highest BCUT2D eigenvalue weighted by Gasteiger charge is 2.30. The fourth-order valence-electron chi connectivity index (χ4n) is 1.95. The summed E-state index contributed by atoms with van der Waals surface area (Å²) in [4.78, 5) is 0. The van der Waals surface area contributed by atoms with Crippen LogP contribution in [-0.4, -0.2) is 0 Å². The lowest BCUT2D eigenvalue weighted by atomic mass is 10.0. The first-order valence-corrected chi connectivity index (χ1v) is 7.26. The Morgan fingerprint density at radius 2 is 1.67 bits per heavy atom. The predicted molar refractivity (Wildman–Crippen MR) is 77.8 cm³/mol. The molecule has 2 aromatic carbocycles. The molecule has 1 unspecified atom stereocenters. The number of alkyl halides is 4. The van der Waals surface area contributed by atoms with E-state index in [0.29, 0.717) is 15.6 Å². The van der Waals surface area contributed by atoms with Gasteiger partial charge in [0.25, 0.3) is 0 Å². The minimum Gasteiger partial charge on any atom is -0.207 e. The molecule has 112 valence electrons. The van der Waals surface area contributed by atoms with E-state index in [0.717, 1.165) is 12.1 Å². The minimum absolute atomic E-state index is 0.235. The fourth-order valence-corrected chi connectivity index (χ4v) is 3.10. The summed E-state index contributed by atoms with van der Waals surface area (Å²) in [7, 11) is 0. The normalized spacial score (nSPS) is 13.2. The lowest BCUT2D eigenvalue weighted by Gasteiger charge is -2.14. The SMILES string of the molecule is Fc1cccc(Br)c1C(Cl)Cc1ccc(C(F)(F)F)cc1. The van der Waals surface area contributed by atoms with Crippen molar-refractivity contribution in [3.05, 3.63) is 69.4 Å². The molecule has 0 nitrogen and oxygen atoms in total. The Kier molecular flexibility index (Phi) is 4.94. The van der Waals surface area contributed by atoms with Crippen molar-refractivity contribution in [1.82, 2.24) is 0 Å². The summed E-state index contributed by atoms with van der Waals surface area (Å²) in [5.74, 6) is -0.448. The number of hydrogen-bond acceptors (Lipinski definition) is 0. The molecule has 2 aromatic rings. The fraction of sp³-hybridized carbons (Fsp3) is 0.200. The molecular formula is C15H10BrClF4. The molecule has 0 bridgehead atoms. The maximum atomic E-state index is 13.8. The summed E-state index contributed by atoms with van der Waals surface area (Å²) in [5, 5.41) is -0.669. The summed E-state index contributed by atoms with van der Waals surface area (Å²) in [5.41, 5.74) is 0.196. The average molecular weight is 382 g/mol. The van der Waals surface area contributed by atoms with E-state index in [2.05, 4.69) is 15.9 Å².